The van der Waals surface area contributed by atoms with E-state index in [1.54, 1.807) is 24.3 Å². The zero-order valence-electron chi connectivity index (χ0n) is 28.4. The number of rotatable bonds is 13. The van der Waals surface area contributed by atoms with Crippen LogP contribution in [0, 0.1) is 0 Å². The fourth-order valence-corrected chi connectivity index (χ4v) is 5.46. The molecular weight excluding hydrogens is 679 g/mol. The Labute approximate surface area is 296 Å². The second kappa shape index (κ2) is 15.6. The number of alkyl halides is 3. The van der Waals surface area contributed by atoms with E-state index in [2.05, 4.69) is 22.0 Å². The van der Waals surface area contributed by atoms with Gasteiger partial charge >= 0.3 is 12.1 Å². The number of carbonyl (C=O) groups excluding carboxylic acids is 2. The molecule has 11 nitrogen and oxygen atoms in total. The first-order chi connectivity index (χ1) is 24.8. The maximum absolute atomic E-state index is 13.6. The van der Waals surface area contributed by atoms with Crippen molar-refractivity contribution in [2.75, 3.05) is 13.7 Å². The highest BCUT2D eigenvalue weighted by atomic mass is 19.4. The number of hydrogen-bond acceptors (Lipinski definition) is 7. The van der Waals surface area contributed by atoms with Gasteiger partial charge in [0.1, 0.15) is 12.3 Å². The monoisotopic (exact) mass is 713 g/mol. The van der Waals surface area contributed by atoms with Crippen LogP contribution in [0.4, 0.5) is 13.2 Å². The summed E-state index contributed by atoms with van der Waals surface area (Å²) in [6.07, 6.45) is 0.618. The molecule has 0 radical (unpaired) electrons. The minimum atomic E-state index is -4.71. The Morgan fingerprint density at radius 1 is 1.08 bits per heavy atom. The summed E-state index contributed by atoms with van der Waals surface area (Å²) in [5.74, 6) is -1.86. The molecule has 5 aromatic rings. The van der Waals surface area contributed by atoms with Gasteiger partial charge in [-0.2, -0.15) is 18.2 Å². The highest BCUT2D eigenvalue weighted by molar-refractivity contribution is 5.95. The van der Waals surface area contributed by atoms with Gasteiger partial charge in [-0.3, -0.25) is 14.4 Å². The smallest absolute Gasteiger partial charge is 0.416 e. The van der Waals surface area contributed by atoms with Gasteiger partial charge in [-0.15, -0.1) is 0 Å². The van der Waals surface area contributed by atoms with Crippen molar-refractivity contribution in [3.63, 3.8) is 0 Å². The molecule has 0 fully saturated rings. The number of aromatic nitrogens is 3. The van der Waals surface area contributed by atoms with Crippen LogP contribution in [0.1, 0.15) is 23.6 Å². The molecule has 0 saturated carbocycles. The summed E-state index contributed by atoms with van der Waals surface area (Å²) in [5.41, 5.74) is 2.09. The minimum Gasteiger partial charge on any atom is -0.497 e. The summed E-state index contributed by atoms with van der Waals surface area (Å²) < 4.78 is 53.2. The molecule has 0 saturated heterocycles. The predicted octanol–water partition coefficient (Wildman–Crippen LogP) is 6.71. The summed E-state index contributed by atoms with van der Waals surface area (Å²) >= 11 is 0. The number of fused-ring (bicyclic) bond motifs is 1. The Morgan fingerprint density at radius 2 is 1.83 bits per heavy atom. The van der Waals surface area contributed by atoms with E-state index in [1.165, 1.54) is 44.4 Å². The first-order valence-corrected chi connectivity index (χ1v) is 15.8. The van der Waals surface area contributed by atoms with Gasteiger partial charge in [-0.05, 0) is 60.5 Å². The number of benzene rings is 3. The number of nitrogens with one attached hydrogen (secondary N) is 1. The van der Waals surface area contributed by atoms with Gasteiger partial charge in [0, 0.05) is 53.1 Å². The molecule has 2 N–H and O–H groups in total. The first kappa shape index (κ1) is 36.8. The average molecular weight is 714 g/mol. The summed E-state index contributed by atoms with van der Waals surface area (Å²) in [5, 5.41) is 17.1. The summed E-state index contributed by atoms with van der Waals surface area (Å²) in [6.45, 7) is 4.45. The van der Waals surface area contributed by atoms with E-state index in [-0.39, 0.29) is 29.1 Å². The van der Waals surface area contributed by atoms with Crippen LogP contribution < -0.4 is 10.1 Å². The van der Waals surface area contributed by atoms with E-state index in [1.807, 2.05) is 42.1 Å². The Balaban J connectivity index is 1.26. The molecule has 52 heavy (non-hydrogen) atoms. The van der Waals surface area contributed by atoms with Crippen molar-refractivity contribution in [3.05, 3.63) is 126 Å². The fourth-order valence-electron chi connectivity index (χ4n) is 5.46. The van der Waals surface area contributed by atoms with Gasteiger partial charge < -0.3 is 29.2 Å². The van der Waals surface area contributed by atoms with Crippen LogP contribution in [0.15, 0.2) is 114 Å². The van der Waals surface area contributed by atoms with Crippen molar-refractivity contribution in [2.45, 2.75) is 26.1 Å². The number of carboxylic acid groups (broad SMARTS) is 1. The van der Waals surface area contributed by atoms with Crippen LogP contribution in [0.2, 0.25) is 0 Å². The van der Waals surface area contributed by atoms with Crippen LogP contribution in [0.25, 0.3) is 33.7 Å². The number of aliphatic carboxylic acids is 1. The molecule has 14 heteroatoms. The number of methoxy groups -OCH3 is 1. The van der Waals surface area contributed by atoms with E-state index < -0.39 is 42.5 Å². The first-order valence-electron chi connectivity index (χ1n) is 15.8. The Bertz CT molecular complexity index is 2200. The van der Waals surface area contributed by atoms with Crippen LogP contribution >= 0.6 is 0 Å². The second-order valence-corrected chi connectivity index (χ2v) is 11.8. The van der Waals surface area contributed by atoms with Crippen LogP contribution in [-0.4, -0.2) is 56.2 Å². The number of carbonyl (C=O) groups is 3. The van der Waals surface area contributed by atoms with Gasteiger partial charge in [-0.25, -0.2) is 0 Å². The molecule has 3 aromatic carbocycles. The minimum absolute atomic E-state index is 0.00197. The maximum Gasteiger partial charge on any atom is 0.416 e. The largest absolute Gasteiger partial charge is 0.497 e. The highest BCUT2D eigenvalue weighted by Gasteiger charge is 2.34. The Kier molecular flexibility index (Phi) is 11.1. The Hall–Kier alpha value is -6.44. The molecule has 268 valence electrons. The molecule has 5 rings (SSSR count). The molecule has 0 unspecified atom stereocenters. The van der Waals surface area contributed by atoms with Gasteiger partial charge in [0.2, 0.25) is 17.6 Å². The normalized spacial score (nSPS) is 12.1. The van der Waals surface area contributed by atoms with Gasteiger partial charge in [-0.1, -0.05) is 54.2 Å². The third-order valence-corrected chi connectivity index (χ3v) is 8.11. The zero-order chi connectivity index (χ0) is 37.6. The quantitative estimate of drug-likeness (QED) is 0.101. The van der Waals surface area contributed by atoms with Gasteiger partial charge in [0.15, 0.2) is 0 Å². The molecule has 2 aromatic heterocycles. The topological polar surface area (TPSA) is 140 Å². The van der Waals surface area contributed by atoms with E-state index in [0.29, 0.717) is 22.8 Å². The summed E-state index contributed by atoms with van der Waals surface area (Å²) in [6, 6.07) is 18.0. The van der Waals surface area contributed by atoms with Gasteiger partial charge in [0.05, 0.1) is 19.1 Å². The molecular formula is C38H34F3N5O6. The number of amides is 2. The van der Waals surface area contributed by atoms with Crippen LogP contribution in [0.3, 0.4) is 0 Å². The van der Waals surface area contributed by atoms with Crippen molar-refractivity contribution < 1.29 is 41.9 Å². The SMILES string of the molecule is C=C/C(=C\C=C(/C)C(=O)N(CC(=O)O)Cc1ccc(-c2noc(-c3cccc4c3ccn4C)n2)cc1)NC(=O)Cc1ccc(OC)cc1C(F)(F)F. The number of ether oxygens (including phenoxy) is 1. The molecule has 2 amide bonds. The highest BCUT2D eigenvalue weighted by Crippen LogP contribution is 2.35. The van der Waals surface area contributed by atoms with Crippen molar-refractivity contribution in [1.29, 1.82) is 0 Å². The van der Waals surface area contributed by atoms with Crippen LogP contribution in [-0.2, 0) is 40.6 Å². The fraction of sp³-hybridized carbons (Fsp3) is 0.184. The number of halogens is 3. The lowest BCUT2D eigenvalue weighted by molar-refractivity contribution is -0.143. The lowest BCUT2D eigenvalue weighted by atomic mass is 10.0. The lowest BCUT2D eigenvalue weighted by Gasteiger charge is -2.21. The van der Waals surface area contributed by atoms with E-state index in [9.17, 15) is 32.7 Å². The molecule has 0 bridgehead atoms. The van der Waals surface area contributed by atoms with Crippen molar-refractivity contribution in [3.8, 4) is 28.6 Å². The van der Waals surface area contributed by atoms with E-state index in [4.69, 9.17) is 9.26 Å². The van der Waals surface area contributed by atoms with E-state index in [0.717, 1.165) is 27.4 Å². The standard InChI is InChI=1S/C38H34F3N5O6/c1-5-27(42-33(47)19-26-14-16-28(51-4)20-31(26)38(39,40)41)15-9-23(2)37(50)46(22-34(48)49)21-24-10-12-25(13-11-24)35-43-36(52-44-35)30-7-6-8-32-29(30)17-18-45(32)3/h5-18,20H,1,19,21-22H2,2-4H3,(H,42,47)(H,48,49)/b23-9+,27-15+. The second-order valence-electron chi connectivity index (χ2n) is 11.8. The van der Waals surface area contributed by atoms with Gasteiger partial charge in [0.25, 0.3) is 5.89 Å². The van der Waals surface area contributed by atoms with Crippen molar-refractivity contribution >= 4 is 28.7 Å². The van der Waals surface area contributed by atoms with Crippen LogP contribution in [0.5, 0.6) is 5.75 Å². The summed E-state index contributed by atoms with van der Waals surface area (Å²) in [4.78, 5) is 43.4. The lowest BCUT2D eigenvalue weighted by Crippen LogP contribution is -2.35. The Morgan fingerprint density at radius 3 is 2.50 bits per heavy atom. The maximum atomic E-state index is 13.6. The third-order valence-electron chi connectivity index (χ3n) is 8.11. The molecule has 0 aliphatic heterocycles. The third kappa shape index (κ3) is 8.64. The number of aryl methyl sites for hydroxylation is 1. The molecule has 0 aliphatic rings. The zero-order valence-corrected chi connectivity index (χ0v) is 28.4. The molecule has 0 aliphatic carbocycles. The van der Waals surface area contributed by atoms with Crippen molar-refractivity contribution in [2.24, 2.45) is 7.05 Å². The molecule has 0 spiro atoms. The van der Waals surface area contributed by atoms with Crippen molar-refractivity contribution in [1.82, 2.24) is 24.9 Å². The summed E-state index contributed by atoms with van der Waals surface area (Å²) in [7, 11) is 3.19. The number of allylic oxidation sites excluding steroid dienone is 3. The predicted molar refractivity (Wildman–Crippen MR) is 187 cm³/mol. The number of hydrogen-bond donors (Lipinski definition) is 2. The molecule has 2 heterocycles. The number of nitrogens with zero attached hydrogens (tertiary/aromatic N) is 4. The average Bonchev–Trinajstić information content (AvgIpc) is 3.76. The van der Waals surface area contributed by atoms with E-state index >= 15 is 0 Å². The number of carboxylic acids is 1. The molecule has 0 atom stereocenters.